The Bertz CT molecular complexity index is 826. The van der Waals surface area contributed by atoms with Crippen LogP contribution >= 0.6 is 11.8 Å². The van der Waals surface area contributed by atoms with Gasteiger partial charge in [0.05, 0.1) is 5.92 Å². The van der Waals surface area contributed by atoms with E-state index in [9.17, 15) is 9.59 Å². The summed E-state index contributed by atoms with van der Waals surface area (Å²) >= 11 is 1.92. The molecule has 0 aliphatic heterocycles. The Kier molecular flexibility index (Phi) is 5.34. The van der Waals surface area contributed by atoms with Gasteiger partial charge in [0.1, 0.15) is 5.78 Å². The first-order valence-electron chi connectivity index (χ1n) is 9.65. The number of hydrogen-bond donors (Lipinski definition) is 1. The van der Waals surface area contributed by atoms with Crippen molar-refractivity contribution >= 4 is 29.3 Å². The van der Waals surface area contributed by atoms with Crippen LogP contribution < -0.4 is 5.32 Å². The molecule has 0 bridgehead atoms. The van der Waals surface area contributed by atoms with Crippen LogP contribution in [0.15, 0.2) is 41.4 Å². The first-order chi connectivity index (χ1) is 13.1. The number of amides is 1. The van der Waals surface area contributed by atoms with Gasteiger partial charge in [-0.25, -0.2) is 0 Å². The summed E-state index contributed by atoms with van der Waals surface area (Å²) in [5, 5.41) is 7.96. The highest BCUT2D eigenvalue weighted by Gasteiger charge is 2.30. The molecule has 1 aromatic heterocycles. The van der Waals surface area contributed by atoms with Crippen molar-refractivity contribution in [2.45, 2.75) is 54.6 Å². The fraction of sp³-hybridized carbons (Fsp3) is 0.476. The molecule has 0 radical (unpaired) electrons. The maximum absolute atomic E-state index is 13.0. The zero-order valence-corrected chi connectivity index (χ0v) is 16.4. The number of rotatable bonds is 7. The monoisotopic (exact) mass is 383 g/mol. The van der Waals surface area contributed by atoms with Crippen LogP contribution in [0.4, 0.5) is 5.82 Å². The van der Waals surface area contributed by atoms with Crippen molar-refractivity contribution in [1.82, 2.24) is 9.78 Å². The molecule has 6 heteroatoms. The van der Waals surface area contributed by atoms with Crippen LogP contribution in [0.25, 0.3) is 0 Å². The molecule has 2 fully saturated rings. The highest BCUT2D eigenvalue weighted by atomic mass is 32.2. The molecule has 142 valence electrons. The topological polar surface area (TPSA) is 64.0 Å². The number of benzene rings is 1. The van der Waals surface area contributed by atoms with Crippen LogP contribution in [0, 0.1) is 5.92 Å². The molecule has 27 heavy (non-hydrogen) atoms. The van der Waals surface area contributed by atoms with Gasteiger partial charge in [-0.05, 0) is 49.3 Å². The summed E-state index contributed by atoms with van der Waals surface area (Å²) in [5.41, 5.74) is 1.02. The van der Waals surface area contributed by atoms with Crippen molar-refractivity contribution in [3.05, 3.63) is 42.1 Å². The van der Waals surface area contributed by atoms with E-state index in [-0.39, 0.29) is 17.7 Å². The standard InChI is InChI=1S/C21H25N3O2S/c1-24-11-10-20(23-24)22-21(26)19(13-14-2-5-16(25)12-14)15-3-6-17(7-4-15)27-18-8-9-18/h3-4,6-7,10-11,14,18-19H,2,5,8-9,12-13H2,1H3,(H,22,23,26)/t14-,19+/m0/s1. The fourth-order valence-corrected chi connectivity index (χ4v) is 4.72. The number of carbonyl (C=O) groups is 2. The number of hydrogen-bond acceptors (Lipinski definition) is 4. The maximum atomic E-state index is 13.0. The Hall–Kier alpha value is -2.08. The van der Waals surface area contributed by atoms with Crippen LogP contribution in [0.3, 0.4) is 0 Å². The number of anilines is 1. The number of nitrogens with one attached hydrogen (secondary N) is 1. The normalized spacial score (nSPS) is 20.6. The van der Waals surface area contributed by atoms with Crippen molar-refractivity contribution in [2.75, 3.05) is 5.32 Å². The van der Waals surface area contributed by atoms with E-state index in [0.717, 1.165) is 17.2 Å². The second kappa shape index (κ2) is 7.89. The van der Waals surface area contributed by atoms with Gasteiger partial charge in [-0.1, -0.05) is 12.1 Å². The zero-order chi connectivity index (χ0) is 18.8. The van der Waals surface area contributed by atoms with Crippen LogP contribution in [0.1, 0.15) is 50.0 Å². The molecule has 2 aromatic rings. The largest absolute Gasteiger partial charge is 0.309 e. The highest BCUT2D eigenvalue weighted by molar-refractivity contribution is 8.00. The molecule has 1 N–H and O–H groups in total. The summed E-state index contributed by atoms with van der Waals surface area (Å²) in [4.78, 5) is 26.0. The third-order valence-corrected chi connectivity index (χ3v) is 6.66. The summed E-state index contributed by atoms with van der Waals surface area (Å²) in [5.74, 6) is 0.868. The van der Waals surface area contributed by atoms with Gasteiger partial charge in [0.2, 0.25) is 5.91 Å². The van der Waals surface area contributed by atoms with Crippen molar-refractivity contribution < 1.29 is 9.59 Å². The minimum absolute atomic E-state index is 0.0457. The minimum atomic E-state index is -0.261. The first kappa shape index (κ1) is 18.3. The molecule has 2 aliphatic carbocycles. The number of aromatic nitrogens is 2. The molecule has 4 rings (SSSR count). The fourth-order valence-electron chi connectivity index (χ4n) is 3.67. The van der Waals surface area contributed by atoms with Crippen molar-refractivity contribution in [2.24, 2.45) is 13.0 Å². The zero-order valence-electron chi connectivity index (χ0n) is 15.6. The number of thioether (sulfide) groups is 1. The van der Waals surface area contributed by atoms with Crippen LogP contribution in [-0.2, 0) is 16.6 Å². The second-order valence-electron chi connectivity index (χ2n) is 7.69. The van der Waals surface area contributed by atoms with Crippen molar-refractivity contribution in [1.29, 1.82) is 0 Å². The average Bonchev–Trinajstić information content (AvgIpc) is 3.22. The highest BCUT2D eigenvalue weighted by Crippen LogP contribution is 2.40. The number of ketones is 1. The van der Waals surface area contributed by atoms with E-state index in [0.29, 0.717) is 30.9 Å². The summed E-state index contributed by atoms with van der Waals surface area (Å²) < 4.78 is 1.67. The Morgan fingerprint density at radius 3 is 2.63 bits per heavy atom. The molecular formula is C21H25N3O2S. The Morgan fingerprint density at radius 1 is 1.26 bits per heavy atom. The number of carbonyl (C=O) groups excluding carboxylic acids is 2. The molecule has 2 atom stereocenters. The van der Waals surface area contributed by atoms with Gasteiger partial charge >= 0.3 is 0 Å². The molecule has 0 saturated heterocycles. The second-order valence-corrected chi connectivity index (χ2v) is 9.06. The first-order valence-corrected chi connectivity index (χ1v) is 10.5. The third kappa shape index (κ3) is 4.80. The predicted octanol–water partition coefficient (Wildman–Crippen LogP) is 4.16. The lowest BCUT2D eigenvalue weighted by Gasteiger charge is -2.20. The van der Waals surface area contributed by atoms with Gasteiger partial charge in [0.15, 0.2) is 5.82 Å². The molecule has 1 aromatic carbocycles. The van der Waals surface area contributed by atoms with Gasteiger partial charge in [-0.3, -0.25) is 14.3 Å². The summed E-state index contributed by atoms with van der Waals surface area (Å²) in [6.45, 7) is 0. The van der Waals surface area contributed by atoms with E-state index in [1.165, 1.54) is 17.7 Å². The average molecular weight is 384 g/mol. The Labute approximate surface area is 163 Å². The Balaban J connectivity index is 1.50. The lowest BCUT2D eigenvalue weighted by atomic mass is 9.87. The molecule has 2 saturated carbocycles. The maximum Gasteiger partial charge on any atom is 0.233 e. The molecule has 1 amide bonds. The quantitative estimate of drug-likeness (QED) is 0.780. The van der Waals surface area contributed by atoms with E-state index < -0.39 is 0 Å². The minimum Gasteiger partial charge on any atom is -0.309 e. The predicted molar refractivity (Wildman–Crippen MR) is 107 cm³/mol. The van der Waals surface area contributed by atoms with E-state index in [4.69, 9.17) is 0 Å². The number of nitrogens with zero attached hydrogens (tertiary/aromatic N) is 2. The summed E-state index contributed by atoms with van der Waals surface area (Å²) in [7, 11) is 1.83. The molecule has 2 aliphatic rings. The number of Topliss-reactive ketones (excluding diaryl/α,β-unsaturated/α-hetero) is 1. The van der Waals surface area contributed by atoms with Crippen LogP contribution in [0.5, 0.6) is 0 Å². The number of aryl methyl sites for hydroxylation is 1. The van der Waals surface area contributed by atoms with E-state index in [1.54, 1.807) is 10.7 Å². The van der Waals surface area contributed by atoms with Gasteiger partial charge in [0.25, 0.3) is 0 Å². The smallest absolute Gasteiger partial charge is 0.233 e. The summed E-state index contributed by atoms with van der Waals surface area (Å²) in [6, 6.07) is 10.2. The summed E-state index contributed by atoms with van der Waals surface area (Å²) in [6.07, 6.45) is 7.26. The lowest BCUT2D eigenvalue weighted by Crippen LogP contribution is -2.23. The Morgan fingerprint density at radius 2 is 2.04 bits per heavy atom. The van der Waals surface area contributed by atoms with Crippen molar-refractivity contribution in [3.63, 3.8) is 0 Å². The van der Waals surface area contributed by atoms with Crippen LogP contribution in [0.2, 0.25) is 0 Å². The third-order valence-electron chi connectivity index (χ3n) is 5.31. The lowest BCUT2D eigenvalue weighted by molar-refractivity contribution is -0.119. The van der Waals surface area contributed by atoms with E-state index in [2.05, 4.69) is 34.7 Å². The van der Waals surface area contributed by atoms with E-state index >= 15 is 0 Å². The van der Waals surface area contributed by atoms with Crippen LogP contribution in [-0.4, -0.2) is 26.7 Å². The molecular weight excluding hydrogens is 358 g/mol. The van der Waals surface area contributed by atoms with E-state index in [1.807, 2.05) is 25.0 Å². The molecule has 5 nitrogen and oxygen atoms in total. The molecule has 0 unspecified atom stereocenters. The van der Waals surface area contributed by atoms with Gasteiger partial charge in [-0.2, -0.15) is 5.10 Å². The SMILES string of the molecule is Cn1ccc(NC(=O)[C@H](C[C@H]2CCC(=O)C2)c2ccc(SC3CC3)cc2)n1. The molecule has 1 heterocycles. The van der Waals surface area contributed by atoms with Gasteiger partial charge < -0.3 is 5.32 Å². The van der Waals surface area contributed by atoms with Crippen molar-refractivity contribution in [3.8, 4) is 0 Å². The molecule has 0 spiro atoms. The van der Waals surface area contributed by atoms with Gasteiger partial charge in [-0.15, -0.1) is 11.8 Å². The van der Waals surface area contributed by atoms with Gasteiger partial charge in [0, 0.05) is 42.3 Å².